The second kappa shape index (κ2) is 1.67. The monoisotopic (exact) mass is 117 g/mol. The van der Waals surface area contributed by atoms with Crippen LogP contribution in [-0.2, 0) is 0 Å². The molecule has 1 aliphatic carbocycles. The van der Waals surface area contributed by atoms with Gasteiger partial charge in [-0.25, -0.2) is 0 Å². The van der Waals surface area contributed by atoms with E-state index in [1.807, 2.05) is 6.26 Å². The van der Waals surface area contributed by atoms with Crippen LogP contribution in [-0.4, -0.2) is 16.1 Å². The molecule has 0 aromatic heterocycles. The lowest BCUT2D eigenvalue weighted by Gasteiger charge is -2.02. The van der Waals surface area contributed by atoms with Crippen LogP contribution in [0.3, 0.4) is 0 Å². The summed E-state index contributed by atoms with van der Waals surface area (Å²) in [5.41, 5.74) is 0. The van der Waals surface area contributed by atoms with Gasteiger partial charge in [-0.3, -0.25) is 0 Å². The van der Waals surface area contributed by atoms with E-state index in [0.717, 1.165) is 12.8 Å². The molecule has 1 radical (unpaired) electrons. The van der Waals surface area contributed by atoms with Gasteiger partial charge >= 0.3 is 0 Å². The first kappa shape index (κ1) is 5.45. The highest BCUT2D eigenvalue weighted by Crippen LogP contribution is 2.48. The molecule has 0 aromatic rings. The van der Waals surface area contributed by atoms with Gasteiger partial charge in [-0.15, -0.1) is 0 Å². The molecule has 1 aliphatic rings. The van der Waals surface area contributed by atoms with Gasteiger partial charge in [-0.1, -0.05) is 0 Å². The molecule has 1 saturated carbocycles. The molecule has 0 spiro atoms. The van der Waals surface area contributed by atoms with Gasteiger partial charge in [0, 0.05) is 4.75 Å². The van der Waals surface area contributed by atoms with E-state index in [-0.39, 0.29) is 4.75 Å². The molecule has 1 N–H and O–H groups in total. The standard InChI is InChI=1S/C5H9OS/c1-7-5(4-6)2-3-5/h4,6H,2-3H2,1H3. The molecule has 0 amide bonds. The third-order valence-electron chi connectivity index (χ3n) is 1.38. The molecule has 1 rings (SSSR count). The van der Waals surface area contributed by atoms with Crippen molar-refractivity contribution >= 4 is 11.8 Å². The molecule has 2 heteroatoms. The van der Waals surface area contributed by atoms with E-state index in [2.05, 4.69) is 0 Å². The van der Waals surface area contributed by atoms with E-state index in [0.29, 0.717) is 0 Å². The first-order chi connectivity index (χ1) is 3.33. The van der Waals surface area contributed by atoms with Crippen LogP contribution >= 0.6 is 11.8 Å². The van der Waals surface area contributed by atoms with Crippen molar-refractivity contribution in [3.8, 4) is 0 Å². The Morgan fingerprint density at radius 1 is 1.71 bits per heavy atom. The average molecular weight is 117 g/mol. The van der Waals surface area contributed by atoms with Crippen molar-refractivity contribution in [3.05, 3.63) is 6.61 Å². The predicted molar refractivity (Wildman–Crippen MR) is 31.7 cm³/mol. The molecule has 0 atom stereocenters. The van der Waals surface area contributed by atoms with Gasteiger partial charge in [0.25, 0.3) is 0 Å². The fraction of sp³-hybridized carbons (Fsp3) is 0.800. The van der Waals surface area contributed by atoms with Crippen LogP contribution < -0.4 is 0 Å². The van der Waals surface area contributed by atoms with Crippen LogP contribution in [0.2, 0.25) is 0 Å². The smallest absolute Gasteiger partial charge is 0.0958 e. The summed E-state index contributed by atoms with van der Waals surface area (Å²) in [6.07, 6.45) is 4.34. The molecule has 7 heavy (non-hydrogen) atoms. The number of thioether (sulfide) groups is 1. The molecular formula is C5H9OS. The van der Waals surface area contributed by atoms with E-state index in [4.69, 9.17) is 5.11 Å². The van der Waals surface area contributed by atoms with Crippen molar-refractivity contribution in [3.63, 3.8) is 0 Å². The average Bonchev–Trinajstić information content (AvgIpc) is 2.46. The molecule has 41 valence electrons. The van der Waals surface area contributed by atoms with Crippen molar-refractivity contribution in [2.45, 2.75) is 17.6 Å². The largest absolute Gasteiger partial charge is 0.389 e. The second-order valence-electron chi connectivity index (χ2n) is 1.90. The van der Waals surface area contributed by atoms with E-state index < -0.39 is 0 Å². The minimum atomic E-state index is 0.181. The number of hydrogen-bond acceptors (Lipinski definition) is 2. The lowest BCUT2D eigenvalue weighted by atomic mass is 10.5. The van der Waals surface area contributed by atoms with Gasteiger partial charge in [0.1, 0.15) is 0 Å². The quantitative estimate of drug-likeness (QED) is 0.590. The topological polar surface area (TPSA) is 20.2 Å². The van der Waals surface area contributed by atoms with Crippen LogP contribution in [0.1, 0.15) is 12.8 Å². The number of hydrogen-bond donors (Lipinski definition) is 1. The first-order valence-electron chi connectivity index (χ1n) is 2.37. The van der Waals surface area contributed by atoms with Crippen molar-refractivity contribution in [2.75, 3.05) is 6.26 Å². The lowest BCUT2D eigenvalue weighted by molar-refractivity contribution is 0.376. The zero-order chi connectivity index (χ0) is 5.33. The summed E-state index contributed by atoms with van der Waals surface area (Å²) in [6.45, 7) is 1.32. The third-order valence-corrected chi connectivity index (χ3v) is 2.71. The highest BCUT2D eigenvalue weighted by atomic mass is 32.2. The summed E-state index contributed by atoms with van der Waals surface area (Å²) < 4.78 is 0.181. The summed E-state index contributed by atoms with van der Waals surface area (Å²) in [4.78, 5) is 0. The maximum absolute atomic E-state index is 8.51. The molecule has 0 bridgehead atoms. The summed E-state index contributed by atoms with van der Waals surface area (Å²) >= 11 is 1.73. The van der Waals surface area contributed by atoms with Gasteiger partial charge in [-0.05, 0) is 19.1 Å². The first-order valence-corrected chi connectivity index (χ1v) is 3.59. The summed E-state index contributed by atoms with van der Waals surface area (Å²) in [5.74, 6) is 0. The maximum Gasteiger partial charge on any atom is 0.0958 e. The van der Waals surface area contributed by atoms with Crippen molar-refractivity contribution in [1.29, 1.82) is 0 Å². The minimum Gasteiger partial charge on any atom is -0.389 e. The Morgan fingerprint density at radius 2 is 2.29 bits per heavy atom. The molecule has 1 nitrogen and oxygen atoms in total. The van der Waals surface area contributed by atoms with Gasteiger partial charge in [-0.2, -0.15) is 11.8 Å². The Hall–Kier alpha value is 0.310. The molecule has 0 saturated heterocycles. The fourth-order valence-corrected chi connectivity index (χ4v) is 1.12. The van der Waals surface area contributed by atoms with Gasteiger partial charge < -0.3 is 5.11 Å². The zero-order valence-corrected chi connectivity index (χ0v) is 5.16. The van der Waals surface area contributed by atoms with Gasteiger partial charge in [0.05, 0.1) is 6.61 Å². The van der Waals surface area contributed by atoms with Crippen LogP contribution in [0.5, 0.6) is 0 Å². The molecule has 0 aromatic carbocycles. The Labute approximate surface area is 48.1 Å². The molecule has 1 fully saturated rings. The van der Waals surface area contributed by atoms with Crippen LogP contribution in [0.4, 0.5) is 0 Å². The Morgan fingerprint density at radius 3 is 2.29 bits per heavy atom. The Balaban J connectivity index is 2.28. The molecule has 0 unspecified atom stereocenters. The Kier molecular flexibility index (Phi) is 1.30. The lowest BCUT2D eigenvalue weighted by Crippen LogP contribution is -1.99. The summed E-state index contributed by atoms with van der Waals surface area (Å²) in [5, 5.41) is 8.51. The minimum absolute atomic E-state index is 0.181. The SMILES string of the molecule is CSC1([CH]O)CC1. The molecular weight excluding hydrogens is 108 g/mol. The van der Waals surface area contributed by atoms with E-state index in [1.165, 1.54) is 6.61 Å². The number of aliphatic hydroxyl groups is 1. The van der Waals surface area contributed by atoms with Crippen LogP contribution in [0, 0.1) is 6.61 Å². The normalized spacial score (nSPS) is 24.9. The van der Waals surface area contributed by atoms with Crippen molar-refractivity contribution in [2.24, 2.45) is 0 Å². The summed E-state index contributed by atoms with van der Waals surface area (Å²) in [6, 6.07) is 0. The van der Waals surface area contributed by atoms with Crippen LogP contribution in [0.15, 0.2) is 0 Å². The maximum atomic E-state index is 8.51. The van der Waals surface area contributed by atoms with Gasteiger partial charge in [0.2, 0.25) is 0 Å². The van der Waals surface area contributed by atoms with E-state index in [9.17, 15) is 0 Å². The fourth-order valence-electron chi connectivity index (χ4n) is 0.509. The van der Waals surface area contributed by atoms with E-state index >= 15 is 0 Å². The predicted octanol–water partition coefficient (Wildman–Crippen LogP) is 1.42. The zero-order valence-electron chi connectivity index (χ0n) is 4.35. The van der Waals surface area contributed by atoms with Crippen molar-refractivity contribution < 1.29 is 5.11 Å². The Bertz CT molecular complexity index is 62.5. The number of aliphatic hydroxyl groups excluding tert-OH is 1. The van der Waals surface area contributed by atoms with Gasteiger partial charge in [0.15, 0.2) is 0 Å². The second-order valence-corrected chi connectivity index (χ2v) is 3.12. The van der Waals surface area contributed by atoms with Crippen molar-refractivity contribution in [1.82, 2.24) is 0 Å². The number of rotatable bonds is 2. The van der Waals surface area contributed by atoms with Crippen LogP contribution in [0.25, 0.3) is 0 Å². The third kappa shape index (κ3) is 0.916. The highest BCUT2D eigenvalue weighted by Gasteiger charge is 2.41. The summed E-state index contributed by atoms with van der Waals surface area (Å²) in [7, 11) is 0. The molecule has 0 heterocycles. The van der Waals surface area contributed by atoms with E-state index in [1.54, 1.807) is 11.8 Å². The highest BCUT2D eigenvalue weighted by molar-refractivity contribution is 8.00. The molecule has 0 aliphatic heterocycles.